The van der Waals surface area contributed by atoms with Crippen LogP contribution in [0.15, 0.2) is 170 Å². The molecule has 0 aromatic heterocycles. The number of nitrogens with zero attached hydrogens (tertiary/aromatic N) is 1. The van der Waals surface area contributed by atoms with E-state index in [-0.39, 0.29) is 12.1 Å². The highest BCUT2D eigenvalue weighted by Crippen LogP contribution is 2.47. The Bertz CT molecular complexity index is 2430. The number of fused-ring (bicyclic) bond motifs is 8. The first-order valence-electron chi connectivity index (χ1n) is 17.7. The van der Waals surface area contributed by atoms with Crippen molar-refractivity contribution >= 4 is 46.9 Å². The van der Waals surface area contributed by atoms with Gasteiger partial charge in [-0.1, -0.05) is 146 Å². The number of hydrogen-bond donors (Lipinski definition) is 0. The van der Waals surface area contributed by atoms with E-state index in [0.29, 0.717) is 5.92 Å². The molecule has 6 aromatic rings. The van der Waals surface area contributed by atoms with E-state index in [1.807, 2.05) is 0 Å². The molecule has 3 atom stereocenters. The van der Waals surface area contributed by atoms with Crippen LogP contribution in [0.25, 0.3) is 38.6 Å². The number of hydrogen-bond acceptors (Lipinski definition) is 2. The number of anilines is 2. The summed E-state index contributed by atoms with van der Waals surface area (Å²) in [5.41, 5.74) is 11.5. The van der Waals surface area contributed by atoms with Gasteiger partial charge in [-0.05, 0) is 85.7 Å². The summed E-state index contributed by atoms with van der Waals surface area (Å²) < 4.78 is 6.68. The molecule has 2 nitrogen and oxygen atoms in total. The van der Waals surface area contributed by atoms with Crippen LogP contribution in [-0.2, 0) is 0 Å². The molecule has 0 saturated heterocycles. The zero-order valence-electron chi connectivity index (χ0n) is 28.0. The van der Waals surface area contributed by atoms with Gasteiger partial charge in [-0.15, -0.1) is 0 Å². The third kappa shape index (κ3) is 4.68. The number of benzene rings is 6. The van der Waals surface area contributed by atoms with E-state index in [9.17, 15) is 0 Å². The van der Waals surface area contributed by atoms with Gasteiger partial charge in [0.15, 0.2) is 0 Å². The Morgan fingerprint density at radius 3 is 2.36 bits per heavy atom. The Morgan fingerprint density at radius 2 is 1.46 bits per heavy atom. The van der Waals surface area contributed by atoms with Crippen LogP contribution in [0.5, 0.6) is 5.75 Å². The molecular weight excluding hydrogens is 623 g/mol. The molecule has 6 aromatic carbocycles. The Balaban J connectivity index is 1.06. The van der Waals surface area contributed by atoms with Crippen molar-refractivity contribution in [3.8, 4) is 28.0 Å². The van der Waals surface area contributed by atoms with E-state index in [1.54, 1.807) is 0 Å². The summed E-state index contributed by atoms with van der Waals surface area (Å²) >= 11 is 0. The van der Waals surface area contributed by atoms with Crippen molar-refractivity contribution in [2.45, 2.75) is 31.0 Å². The lowest BCUT2D eigenvalue weighted by Crippen LogP contribution is -2.36. The largest absolute Gasteiger partial charge is 0.484 e. The second-order valence-electron chi connectivity index (χ2n) is 13.8. The fourth-order valence-corrected chi connectivity index (χ4v) is 10.7. The maximum Gasteiger partial charge on any atom is 0.131 e. The number of ether oxygens (including phenoxy) is 1. The van der Waals surface area contributed by atoms with Crippen LogP contribution in [0, 0.1) is 0 Å². The predicted molar refractivity (Wildman–Crippen MR) is 212 cm³/mol. The molecule has 1 radical (unpaired) electrons. The lowest BCUT2D eigenvalue weighted by atomic mass is 9.90. The molecule has 10 rings (SSSR count). The quantitative estimate of drug-likeness (QED) is 0.171. The van der Waals surface area contributed by atoms with Crippen molar-refractivity contribution in [1.82, 2.24) is 0 Å². The Hall–Kier alpha value is -5.64. The Morgan fingerprint density at radius 1 is 0.660 bits per heavy atom. The molecule has 2 heterocycles. The van der Waals surface area contributed by atoms with E-state index in [2.05, 4.69) is 181 Å². The highest BCUT2D eigenvalue weighted by molar-refractivity contribution is 6.88. The van der Waals surface area contributed by atoms with Crippen LogP contribution in [0.3, 0.4) is 0 Å². The highest BCUT2D eigenvalue weighted by Gasteiger charge is 2.39. The fraction of sp³-hybridized carbons (Fsp3) is 0.106. The van der Waals surface area contributed by atoms with Gasteiger partial charge in [0.05, 0.1) is 6.04 Å². The van der Waals surface area contributed by atoms with Crippen molar-refractivity contribution in [3.63, 3.8) is 0 Å². The molecule has 2 aliphatic carbocycles. The summed E-state index contributed by atoms with van der Waals surface area (Å²) in [6.45, 7) is 2.45. The molecule has 0 fully saturated rings. The summed E-state index contributed by atoms with van der Waals surface area (Å²) in [7, 11) is -0.978. The lowest BCUT2D eigenvalue weighted by molar-refractivity contribution is 0.270. The van der Waals surface area contributed by atoms with Crippen LogP contribution in [0.1, 0.15) is 23.5 Å². The van der Waals surface area contributed by atoms with Crippen LogP contribution in [-0.4, -0.2) is 20.9 Å². The zero-order valence-corrected chi connectivity index (χ0v) is 29.0. The fourth-order valence-electron chi connectivity index (χ4n) is 8.51. The molecule has 239 valence electrons. The van der Waals surface area contributed by atoms with Crippen molar-refractivity contribution < 1.29 is 4.74 Å². The van der Waals surface area contributed by atoms with Crippen LogP contribution in [0.2, 0.25) is 6.55 Å². The SMILES string of the molecule is C[Si]1c2cc(N(c3cccc(-c4ccccc4)c3)C3C=CC(c4cccc5ccccc45)=CC3)ccc2-c2c1ccc1c2OC2C=CC=CC12. The summed E-state index contributed by atoms with van der Waals surface area (Å²) in [6, 6.07) is 47.2. The minimum Gasteiger partial charge on any atom is -0.484 e. The first-order valence-corrected chi connectivity index (χ1v) is 19.7. The van der Waals surface area contributed by atoms with Crippen molar-refractivity contribution in [3.05, 3.63) is 181 Å². The second kappa shape index (κ2) is 11.8. The van der Waals surface area contributed by atoms with Crippen molar-refractivity contribution in [1.29, 1.82) is 0 Å². The van der Waals surface area contributed by atoms with E-state index in [0.717, 1.165) is 12.2 Å². The first kappa shape index (κ1) is 29.3. The van der Waals surface area contributed by atoms with Gasteiger partial charge in [-0.3, -0.25) is 0 Å². The summed E-state index contributed by atoms with van der Waals surface area (Å²) in [5.74, 6) is 1.40. The third-order valence-corrected chi connectivity index (χ3v) is 13.4. The van der Waals surface area contributed by atoms with Gasteiger partial charge in [-0.2, -0.15) is 0 Å². The monoisotopic (exact) mass is 658 g/mol. The second-order valence-corrected chi connectivity index (χ2v) is 16.1. The molecule has 0 bridgehead atoms. The maximum absolute atomic E-state index is 6.68. The van der Waals surface area contributed by atoms with Crippen LogP contribution >= 0.6 is 0 Å². The molecule has 3 heteroatoms. The first-order chi connectivity index (χ1) is 24.7. The van der Waals surface area contributed by atoms with E-state index in [4.69, 9.17) is 4.74 Å². The molecule has 0 N–H and O–H groups in total. The Labute approximate surface area is 295 Å². The normalized spacial score (nSPS) is 19.8. The average Bonchev–Trinajstić information content (AvgIpc) is 3.70. The maximum atomic E-state index is 6.68. The number of allylic oxidation sites excluding steroid dienone is 4. The van der Waals surface area contributed by atoms with Gasteiger partial charge >= 0.3 is 0 Å². The topological polar surface area (TPSA) is 12.5 Å². The van der Waals surface area contributed by atoms with Gasteiger partial charge in [0.1, 0.15) is 20.7 Å². The summed E-state index contributed by atoms with van der Waals surface area (Å²) in [4.78, 5) is 2.56. The lowest BCUT2D eigenvalue weighted by Gasteiger charge is -2.34. The minimum absolute atomic E-state index is 0.0923. The van der Waals surface area contributed by atoms with E-state index in [1.165, 1.54) is 71.5 Å². The van der Waals surface area contributed by atoms with Crippen molar-refractivity contribution in [2.75, 3.05) is 4.90 Å². The summed E-state index contributed by atoms with van der Waals surface area (Å²) in [6.07, 6.45) is 17.0. The Kier molecular flexibility index (Phi) is 6.88. The van der Waals surface area contributed by atoms with Crippen LogP contribution < -0.4 is 20.0 Å². The number of rotatable bonds is 5. The molecule has 4 aliphatic rings. The molecule has 0 spiro atoms. The standard InChI is InChI=1S/C47H36NOSi/c1-50-44-28-27-41-40-18-7-8-20-43(40)49-47(41)46(44)42-26-25-37(30-45(42)50)48(36-16-9-15-34(29-36)31-11-3-2-4-12-31)35-23-21-33(22-24-35)39-19-10-14-32-13-5-6-17-38(32)39/h2-23,25-30,35,40,43H,24H2,1H3. The molecular formula is C47H36NOSi. The zero-order chi connectivity index (χ0) is 33.2. The van der Waals surface area contributed by atoms with Gasteiger partial charge in [0.2, 0.25) is 0 Å². The molecule has 0 saturated carbocycles. The van der Waals surface area contributed by atoms with Gasteiger partial charge in [0.25, 0.3) is 0 Å². The van der Waals surface area contributed by atoms with E-state index < -0.39 is 8.80 Å². The predicted octanol–water partition coefficient (Wildman–Crippen LogP) is 10.2. The smallest absolute Gasteiger partial charge is 0.131 e. The van der Waals surface area contributed by atoms with Crippen molar-refractivity contribution in [2.24, 2.45) is 0 Å². The molecule has 3 unspecified atom stereocenters. The van der Waals surface area contributed by atoms with E-state index >= 15 is 0 Å². The summed E-state index contributed by atoms with van der Waals surface area (Å²) in [5, 5.41) is 5.51. The van der Waals surface area contributed by atoms with Crippen LogP contribution in [0.4, 0.5) is 11.4 Å². The van der Waals surface area contributed by atoms with Gasteiger partial charge in [0, 0.05) is 28.4 Å². The minimum atomic E-state index is -0.978. The third-order valence-electron chi connectivity index (χ3n) is 11.0. The molecule has 0 amide bonds. The highest BCUT2D eigenvalue weighted by atomic mass is 28.3. The molecule has 50 heavy (non-hydrogen) atoms. The van der Waals surface area contributed by atoms with Gasteiger partial charge < -0.3 is 9.64 Å². The molecule has 2 aliphatic heterocycles. The van der Waals surface area contributed by atoms with Gasteiger partial charge in [-0.25, -0.2) is 0 Å². The average molecular weight is 659 g/mol.